The summed E-state index contributed by atoms with van der Waals surface area (Å²) in [5.74, 6) is -0.379. The SMILES string of the molecule is Cc1cccc(C)c1Sc1ccc(S(=O)(=O)Nc2ccc(C(F)(F)F)c(O[C@@H]3CCN(C)C3)c2)s1. The van der Waals surface area contributed by atoms with Crippen LogP contribution in [0.1, 0.15) is 23.1 Å². The van der Waals surface area contributed by atoms with Gasteiger partial charge in [0.1, 0.15) is 16.1 Å². The zero-order valence-corrected chi connectivity index (χ0v) is 21.8. The molecule has 0 bridgehead atoms. The highest BCUT2D eigenvalue weighted by atomic mass is 32.3. The Morgan fingerprint density at radius 3 is 2.46 bits per heavy atom. The first kappa shape index (κ1) is 25.9. The van der Waals surface area contributed by atoms with E-state index in [1.807, 2.05) is 44.0 Å². The molecule has 3 aromatic rings. The Hall–Kier alpha value is -2.21. The molecule has 0 saturated carbocycles. The molecule has 0 aliphatic carbocycles. The summed E-state index contributed by atoms with van der Waals surface area (Å²) in [5, 5.41) is 0. The van der Waals surface area contributed by atoms with Gasteiger partial charge in [0, 0.05) is 24.1 Å². The Morgan fingerprint density at radius 2 is 1.83 bits per heavy atom. The average molecular weight is 543 g/mol. The minimum absolute atomic E-state index is 0.0108. The summed E-state index contributed by atoms with van der Waals surface area (Å²) in [6.07, 6.45) is -4.42. The van der Waals surface area contributed by atoms with Crippen molar-refractivity contribution >= 4 is 38.8 Å². The molecule has 1 atom stereocenters. The Balaban J connectivity index is 1.56. The predicted molar refractivity (Wildman–Crippen MR) is 133 cm³/mol. The van der Waals surface area contributed by atoms with Gasteiger partial charge in [-0.05, 0) is 62.7 Å². The number of hydrogen-bond donors (Lipinski definition) is 1. The molecule has 5 nitrogen and oxygen atoms in total. The van der Waals surface area contributed by atoms with Gasteiger partial charge in [0.15, 0.2) is 0 Å². The van der Waals surface area contributed by atoms with E-state index in [0.29, 0.717) is 13.0 Å². The van der Waals surface area contributed by atoms with Crippen molar-refractivity contribution in [1.82, 2.24) is 4.90 Å². The third-order valence-corrected chi connectivity index (χ3v) is 10.1. The lowest BCUT2D eigenvalue weighted by Crippen LogP contribution is -2.23. The highest BCUT2D eigenvalue weighted by Crippen LogP contribution is 2.41. The molecule has 2 heterocycles. The Kier molecular flexibility index (Phi) is 7.42. The van der Waals surface area contributed by atoms with Crippen molar-refractivity contribution in [1.29, 1.82) is 0 Å². The molecule has 188 valence electrons. The molecule has 35 heavy (non-hydrogen) atoms. The van der Waals surface area contributed by atoms with Crippen LogP contribution in [0.3, 0.4) is 0 Å². The van der Waals surface area contributed by atoms with Crippen LogP contribution < -0.4 is 9.46 Å². The molecule has 1 fully saturated rings. The minimum Gasteiger partial charge on any atom is -0.488 e. The van der Waals surface area contributed by atoms with Gasteiger partial charge >= 0.3 is 6.18 Å². The van der Waals surface area contributed by atoms with Crippen molar-refractivity contribution in [3.63, 3.8) is 0 Å². The van der Waals surface area contributed by atoms with Crippen LogP contribution in [0.5, 0.6) is 5.75 Å². The maximum absolute atomic E-state index is 13.5. The molecule has 0 radical (unpaired) electrons. The number of likely N-dealkylation sites (N-methyl/N-ethyl adjacent to an activating group) is 1. The first-order valence-electron chi connectivity index (χ1n) is 10.9. The van der Waals surface area contributed by atoms with E-state index in [-0.39, 0.29) is 15.6 Å². The van der Waals surface area contributed by atoms with Gasteiger partial charge in [-0.2, -0.15) is 13.2 Å². The van der Waals surface area contributed by atoms with E-state index in [9.17, 15) is 21.6 Å². The van der Waals surface area contributed by atoms with E-state index in [2.05, 4.69) is 4.72 Å². The molecule has 11 heteroatoms. The van der Waals surface area contributed by atoms with Gasteiger partial charge in [0.25, 0.3) is 10.0 Å². The number of nitrogens with zero attached hydrogens (tertiary/aromatic N) is 1. The topological polar surface area (TPSA) is 58.6 Å². The molecule has 1 saturated heterocycles. The number of alkyl halides is 3. The second kappa shape index (κ2) is 10.0. The van der Waals surface area contributed by atoms with E-state index >= 15 is 0 Å². The van der Waals surface area contributed by atoms with Crippen LogP contribution in [0.4, 0.5) is 18.9 Å². The normalized spacial score (nSPS) is 17.0. The summed E-state index contributed by atoms with van der Waals surface area (Å²) in [5.41, 5.74) is 1.27. The van der Waals surface area contributed by atoms with Crippen LogP contribution in [0, 0.1) is 13.8 Å². The number of benzene rings is 2. The number of hydrogen-bond acceptors (Lipinski definition) is 6. The summed E-state index contributed by atoms with van der Waals surface area (Å²) in [4.78, 5) is 3.03. The van der Waals surface area contributed by atoms with Crippen LogP contribution in [0.25, 0.3) is 0 Å². The van der Waals surface area contributed by atoms with Crippen molar-refractivity contribution < 1.29 is 26.3 Å². The van der Waals surface area contributed by atoms with Crippen LogP contribution in [-0.4, -0.2) is 39.6 Å². The average Bonchev–Trinajstić information content (AvgIpc) is 3.39. The van der Waals surface area contributed by atoms with Crippen molar-refractivity contribution in [3.05, 3.63) is 65.2 Å². The first-order valence-corrected chi connectivity index (χ1v) is 14.0. The van der Waals surface area contributed by atoms with Gasteiger partial charge in [-0.15, -0.1) is 11.3 Å². The quantitative estimate of drug-likeness (QED) is 0.374. The zero-order chi connectivity index (χ0) is 25.4. The number of nitrogens with one attached hydrogen (secondary N) is 1. The van der Waals surface area contributed by atoms with E-state index in [4.69, 9.17) is 4.74 Å². The van der Waals surface area contributed by atoms with Gasteiger partial charge in [-0.1, -0.05) is 30.0 Å². The summed E-state index contributed by atoms with van der Waals surface area (Å²) in [6.45, 7) is 5.22. The third-order valence-electron chi connectivity index (χ3n) is 5.61. The largest absolute Gasteiger partial charge is 0.488 e. The van der Waals surface area contributed by atoms with Gasteiger partial charge < -0.3 is 9.64 Å². The zero-order valence-electron chi connectivity index (χ0n) is 19.3. The fourth-order valence-corrected chi connectivity index (χ4v) is 7.58. The number of thiophene rings is 1. The van der Waals surface area contributed by atoms with Gasteiger partial charge in [-0.3, -0.25) is 4.72 Å². The Labute approximate surface area is 211 Å². The van der Waals surface area contributed by atoms with E-state index in [1.54, 1.807) is 6.07 Å². The van der Waals surface area contributed by atoms with E-state index < -0.39 is 27.9 Å². The van der Waals surface area contributed by atoms with Crippen molar-refractivity contribution in [2.45, 2.75) is 45.9 Å². The number of likely N-dealkylation sites (tertiary alicyclic amines) is 1. The lowest BCUT2D eigenvalue weighted by Gasteiger charge is -2.19. The van der Waals surface area contributed by atoms with Gasteiger partial charge in [-0.25, -0.2) is 8.42 Å². The second-order valence-electron chi connectivity index (χ2n) is 8.50. The summed E-state index contributed by atoms with van der Waals surface area (Å²) in [7, 11) is -2.13. The maximum Gasteiger partial charge on any atom is 0.419 e. The van der Waals surface area contributed by atoms with Crippen molar-refractivity contribution in [2.24, 2.45) is 0 Å². The van der Waals surface area contributed by atoms with Crippen LogP contribution in [0.15, 0.2) is 61.8 Å². The number of sulfonamides is 1. The van der Waals surface area contributed by atoms with E-state index in [0.717, 1.165) is 56.3 Å². The molecule has 2 aromatic carbocycles. The smallest absolute Gasteiger partial charge is 0.419 e. The molecule has 1 aromatic heterocycles. The molecule has 4 rings (SSSR count). The fraction of sp³-hybridized carbons (Fsp3) is 0.333. The minimum atomic E-state index is -4.62. The maximum atomic E-state index is 13.5. The first-order chi connectivity index (χ1) is 16.4. The highest BCUT2D eigenvalue weighted by Gasteiger charge is 2.36. The number of ether oxygens (including phenoxy) is 1. The molecule has 0 unspecified atom stereocenters. The van der Waals surface area contributed by atoms with Gasteiger partial charge in [0.05, 0.1) is 15.5 Å². The fourth-order valence-electron chi connectivity index (χ4n) is 3.86. The Morgan fingerprint density at radius 1 is 1.11 bits per heavy atom. The van der Waals surface area contributed by atoms with E-state index in [1.165, 1.54) is 17.8 Å². The lowest BCUT2D eigenvalue weighted by molar-refractivity contribution is -0.139. The number of rotatable bonds is 7. The van der Waals surface area contributed by atoms with Crippen LogP contribution in [-0.2, 0) is 16.2 Å². The standard InChI is InChI=1S/C24H25F3N2O3S3/c1-15-5-4-6-16(2)23(15)34-21-9-10-22(33-21)35(30,31)28-17-7-8-19(24(25,26)27)20(13-17)32-18-11-12-29(3)14-18/h4-10,13,18,28H,11-12,14H2,1-3H3/t18-/m1/s1. The second-order valence-corrected chi connectivity index (χ2v) is 12.8. The molecule has 1 aliphatic heterocycles. The summed E-state index contributed by atoms with van der Waals surface area (Å²) >= 11 is 2.59. The molecular weight excluding hydrogens is 517 g/mol. The predicted octanol–water partition coefficient (Wildman–Crippen LogP) is 6.42. The lowest BCUT2D eigenvalue weighted by atomic mass is 10.1. The Bertz CT molecular complexity index is 1300. The monoisotopic (exact) mass is 542 g/mol. The molecule has 1 N–H and O–H groups in total. The number of halogens is 3. The molecule has 1 aliphatic rings. The molecule has 0 amide bonds. The summed E-state index contributed by atoms with van der Waals surface area (Å²) in [6, 6.07) is 12.3. The number of anilines is 1. The van der Waals surface area contributed by atoms with Crippen LogP contribution >= 0.6 is 23.1 Å². The highest BCUT2D eigenvalue weighted by molar-refractivity contribution is 8.02. The van der Waals surface area contributed by atoms with Crippen molar-refractivity contribution in [3.8, 4) is 5.75 Å². The van der Waals surface area contributed by atoms with Gasteiger partial charge in [0.2, 0.25) is 0 Å². The van der Waals surface area contributed by atoms with Crippen molar-refractivity contribution in [2.75, 3.05) is 24.9 Å². The molecule has 0 spiro atoms. The third kappa shape index (κ3) is 6.14. The molecular formula is C24H25F3N2O3S3. The summed E-state index contributed by atoms with van der Waals surface area (Å²) < 4.78 is 75.6. The van der Waals surface area contributed by atoms with Crippen LogP contribution in [0.2, 0.25) is 0 Å². The number of aryl methyl sites for hydroxylation is 2.